The Morgan fingerprint density at radius 2 is 1.76 bits per heavy atom. The van der Waals surface area contributed by atoms with E-state index in [2.05, 4.69) is 15.8 Å². The number of ether oxygens (including phenoxy) is 1. The van der Waals surface area contributed by atoms with Crippen LogP contribution >= 0.6 is 23.2 Å². The number of para-hydroxylation sites is 1. The highest BCUT2D eigenvalue weighted by Crippen LogP contribution is 2.26. The zero-order valence-electron chi connectivity index (χ0n) is 19.8. The number of hydrogen-bond donors (Lipinski definition) is 2. The molecule has 10 heteroatoms. The van der Waals surface area contributed by atoms with E-state index < -0.39 is 11.8 Å². The van der Waals surface area contributed by atoms with Gasteiger partial charge in [-0.2, -0.15) is 10.2 Å². The molecular weight excluding hydrogens is 513 g/mol. The summed E-state index contributed by atoms with van der Waals surface area (Å²) in [5, 5.41) is 11.7. The lowest BCUT2D eigenvalue weighted by Gasteiger charge is -2.06. The second kappa shape index (κ2) is 12.2. The number of benzene rings is 3. The Kier molecular flexibility index (Phi) is 8.56. The number of anilines is 1. The molecule has 1 heterocycles. The molecular formula is C27H23Cl2N5O3. The first-order valence-electron chi connectivity index (χ1n) is 11.4. The lowest BCUT2D eigenvalue weighted by Crippen LogP contribution is -2.32. The summed E-state index contributed by atoms with van der Waals surface area (Å²) in [5.41, 5.74) is 5.54. The number of aromatic nitrogens is 2. The molecule has 37 heavy (non-hydrogen) atoms. The van der Waals surface area contributed by atoms with Crippen molar-refractivity contribution >= 4 is 46.9 Å². The minimum Gasteiger partial charge on any atom is -0.494 e. The van der Waals surface area contributed by atoms with Gasteiger partial charge < -0.3 is 10.1 Å². The fraction of sp³-hybridized carbons (Fsp3) is 0.111. The summed E-state index contributed by atoms with van der Waals surface area (Å²) in [6.07, 6.45) is 4.15. The van der Waals surface area contributed by atoms with Crippen LogP contribution in [0.5, 0.6) is 5.75 Å². The van der Waals surface area contributed by atoms with Crippen LogP contribution in [0.2, 0.25) is 10.0 Å². The first-order chi connectivity index (χ1) is 17.9. The number of hydrogen-bond acceptors (Lipinski definition) is 5. The summed E-state index contributed by atoms with van der Waals surface area (Å²) < 4.78 is 7.39. The molecule has 0 saturated heterocycles. The van der Waals surface area contributed by atoms with Gasteiger partial charge in [0, 0.05) is 23.0 Å². The van der Waals surface area contributed by atoms with E-state index in [1.165, 1.54) is 24.4 Å². The van der Waals surface area contributed by atoms with Gasteiger partial charge in [-0.1, -0.05) is 48.3 Å². The Labute approximate surface area is 223 Å². The maximum absolute atomic E-state index is 12.3. The second-order valence-electron chi connectivity index (χ2n) is 7.87. The van der Waals surface area contributed by atoms with Crippen LogP contribution in [0.3, 0.4) is 0 Å². The Morgan fingerprint density at radius 3 is 2.46 bits per heavy atom. The molecule has 0 aliphatic heterocycles. The van der Waals surface area contributed by atoms with Gasteiger partial charge in [-0.3, -0.25) is 9.59 Å². The van der Waals surface area contributed by atoms with Gasteiger partial charge in [0.05, 0.1) is 28.6 Å². The van der Waals surface area contributed by atoms with Crippen LogP contribution in [0.1, 0.15) is 18.9 Å². The van der Waals surface area contributed by atoms with Crippen LogP contribution in [0.15, 0.2) is 84.1 Å². The highest BCUT2D eigenvalue weighted by atomic mass is 35.5. The van der Waals surface area contributed by atoms with E-state index in [-0.39, 0.29) is 5.02 Å². The van der Waals surface area contributed by atoms with Gasteiger partial charge in [0.2, 0.25) is 0 Å². The molecule has 0 bridgehead atoms. The average Bonchev–Trinajstić information content (AvgIpc) is 3.34. The van der Waals surface area contributed by atoms with E-state index in [1.807, 2.05) is 61.5 Å². The van der Waals surface area contributed by atoms with Crippen LogP contribution in [0.25, 0.3) is 16.9 Å². The van der Waals surface area contributed by atoms with Crippen LogP contribution in [0, 0.1) is 0 Å². The highest BCUT2D eigenvalue weighted by molar-refractivity contribution is 6.43. The van der Waals surface area contributed by atoms with E-state index in [9.17, 15) is 9.59 Å². The van der Waals surface area contributed by atoms with Crippen LogP contribution < -0.4 is 15.5 Å². The minimum atomic E-state index is -0.947. The summed E-state index contributed by atoms with van der Waals surface area (Å²) in [4.78, 5) is 24.5. The van der Waals surface area contributed by atoms with Crippen molar-refractivity contribution < 1.29 is 14.3 Å². The SMILES string of the molecule is CCCOc1ccc(-c2nn(-c3ccccc3)cc2/C=N/NC(=O)C(=O)Nc2ccc(Cl)c(Cl)c2)cc1. The molecule has 0 unspecified atom stereocenters. The number of nitrogens with one attached hydrogen (secondary N) is 2. The molecule has 4 aromatic rings. The Morgan fingerprint density at radius 1 is 1.00 bits per heavy atom. The molecule has 2 N–H and O–H groups in total. The van der Waals surface area contributed by atoms with E-state index >= 15 is 0 Å². The molecule has 0 radical (unpaired) electrons. The molecule has 188 valence electrons. The number of carbonyl (C=O) groups excluding carboxylic acids is 2. The smallest absolute Gasteiger partial charge is 0.329 e. The van der Waals surface area contributed by atoms with Crippen molar-refractivity contribution in [2.45, 2.75) is 13.3 Å². The third-order valence-electron chi connectivity index (χ3n) is 5.12. The first-order valence-corrected chi connectivity index (χ1v) is 12.2. The maximum atomic E-state index is 12.3. The highest BCUT2D eigenvalue weighted by Gasteiger charge is 2.15. The van der Waals surface area contributed by atoms with Gasteiger partial charge in [-0.15, -0.1) is 0 Å². The van der Waals surface area contributed by atoms with Crippen LogP contribution in [-0.2, 0) is 9.59 Å². The fourth-order valence-electron chi connectivity index (χ4n) is 3.32. The predicted octanol–water partition coefficient (Wildman–Crippen LogP) is 5.72. The molecule has 0 fully saturated rings. The third-order valence-corrected chi connectivity index (χ3v) is 5.86. The van der Waals surface area contributed by atoms with Crippen molar-refractivity contribution in [3.63, 3.8) is 0 Å². The summed E-state index contributed by atoms with van der Waals surface area (Å²) in [6.45, 7) is 2.68. The summed E-state index contributed by atoms with van der Waals surface area (Å²) in [7, 11) is 0. The lowest BCUT2D eigenvalue weighted by molar-refractivity contribution is -0.136. The molecule has 0 saturated carbocycles. The Bertz CT molecular complexity index is 1420. The van der Waals surface area contributed by atoms with Crippen molar-refractivity contribution in [1.82, 2.24) is 15.2 Å². The fourth-order valence-corrected chi connectivity index (χ4v) is 3.62. The quantitative estimate of drug-likeness (QED) is 0.171. The van der Waals surface area contributed by atoms with Crippen LogP contribution in [0.4, 0.5) is 5.69 Å². The standard InChI is InChI=1S/C27H23Cl2N5O3/c1-2-14-37-22-11-8-18(9-12-22)25-19(17-34(33-25)21-6-4-3-5-7-21)16-30-32-27(36)26(35)31-20-10-13-23(28)24(29)15-20/h3-13,15-17H,2,14H2,1H3,(H,31,35)(H,32,36)/b30-16+. The van der Waals surface area contributed by atoms with Crippen molar-refractivity contribution in [3.05, 3.63) is 94.6 Å². The van der Waals surface area contributed by atoms with Gasteiger partial charge in [-0.05, 0) is 61.0 Å². The molecule has 1 aromatic heterocycles. The molecule has 0 atom stereocenters. The number of carbonyl (C=O) groups is 2. The molecule has 0 aliphatic rings. The van der Waals surface area contributed by atoms with Crippen molar-refractivity contribution in [2.24, 2.45) is 5.10 Å². The minimum absolute atomic E-state index is 0.255. The third kappa shape index (κ3) is 6.75. The normalized spacial score (nSPS) is 10.9. The topological polar surface area (TPSA) is 97.6 Å². The van der Waals surface area contributed by atoms with Crippen molar-refractivity contribution in [2.75, 3.05) is 11.9 Å². The van der Waals surface area contributed by atoms with E-state index in [4.69, 9.17) is 33.0 Å². The Balaban J connectivity index is 1.52. The zero-order chi connectivity index (χ0) is 26.2. The van der Waals surface area contributed by atoms with E-state index in [0.29, 0.717) is 28.6 Å². The lowest BCUT2D eigenvalue weighted by atomic mass is 10.1. The second-order valence-corrected chi connectivity index (χ2v) is 8.68. The summed E-state index contributed by atoms with van der Waals surface area (Å²) >= 11 is 11.8. The van der Waals surface area contributed by atoms with Gasteiger partial charge in [0.1, 0.15) is 11.4 Å². The van der Waals surface area contributed by atoms with Gasteiger partial charge >= 0.3 is 11.8 Å². The molecule has 2 amide bonds. The predicted molar refractivity (Wildman–Crippen MR) is 146 cm³/mol. The van der Waals surface area contributed by atoms with E-state index in [1.54, 1.807) is 10.9 Å². The number of amides is 2. The first kappa shape index (κ1) is 25.9. The molecule has 0 spiro atoms. The number of halogens is 2. The number of nitrogens with zero attached hydrogens (tertiary/aromatic N) is 3. The zero-order valence-corrected chi connectivity index (χ0v) is 21.3. The van der Waals surface area contributed by atoms with Gasteiger partial charge in [0.25, 0.3) is 0 Å². The largest absolute Gasteiger partial charge is 0.494 e. The van der Waals surface area contributed by atoms with E-state index in [0.717, 1.165) is 23.4 Å². The molecule has 3 aromatic carbocycles. The van der Waals surface area contributed by atoms with Crippen molar-refractivity contribution in [1.29, 1.82) is 0 Å². The monoisotopic (exact) mass is 535 g/mol. The molecule has 0 aliphatic carbocycles. The number of rotatable bonds is 8. The molecule has 4 rings (SSSR count). The number of hydrazone groups is 1. The van der Waals surface area contributed by atoms with Crippen molar-refractivity contribution in [3.8, 4) is 22.7 Å². The average molecular weight is 536 g/mol. The van der Waals surface area contributed by atoms with Gasteiger partial charge in [-0.25, -0.2) is 10.1 Å². The Hall–Kier alpha value is -4.14. The van der Waals surface area contributed by atoms with Crippen LogP contribution in [-0.4, -0.2) is 34.4 Å². The van der Waals surface area contributed by atoms with Gasteiger partial charge in [0.15, 0.2) is 0 Å². The summed E-state index contributed by atoms with van der Waals surface area (Å²) in [6, 6.07) is 21.7. The summed E-state index contributed by atoms with van der Waals surface area (Å²) in [5.74, 6) is -1.08. The maximum Gasteiger partial charge on any atom is 0.329 e. The molecule has 8 nitrogen and oxygen atoms in total.